The topological polar surface area (TPSA) is 73.1 Å². The van der Waals surface area contributed by atoms with Gasteiger partial charge < -0.3 is 10.6 Å². The number of hydrogen-bond acceptors (Lipinski definition) is 4. The number of hydrogen-bond donors (Lipinski definition) is 2. The number of nitrogens with zero attached hydrogens (tertiary/aromatic N) is 3. The first-order chi connectivity index (χ1) is 14.3. The van der Waals surface area contributed by atoms with Gasteiger partial charge in [0.2, 0.25) is 5.91 Å². The zero-order valence-electron chi connectivity index (χ0n) is 18.1. The first-order valence-corrected chi connectivity index (χ1v) is 10.5. The molecule has 3 rings (SSSR count). The number of nitrogens with one attached hydrogen (secondary N) is 2. The minimum Gasteiger partial charge on any atom is -0.312 e. The van der Waals surface area contributed by atoms with Crippen molar-refractivity contribution in [3.8, 4) is 11.8 Å². The third kappa shape index (κ3) is 4.89. The molecule has 2 aromatic rings. The number of aromatic nitrogens is 1. The summed E-state index contributed by atoms with van der Waals surface area (Å²) in [4.78, 5) is 14.9. The van der Waals surface area contributed by atoms with Crippen LogP contribution < -0.4 is 10.6 Å². The molecule has 1 aromatic carbocycles. The van der Waals surface area contributed by atoms with Gasteiger partial charge in [0.25, 0.3) is 0 Å². The van der Waals surface area contributed by atoms with Gasteiger partial charge in [0.1, 0.15) is 17.7 Å². The average Bonchev–Trinajstić information content (AvgIpc) is 2.92. The van der Waals surface area contributed by atoms with E-state index in [0.717, 1.165) is 37.2 Å². The van der Waals surface area contributed by atoms with Crippen molar-refractivity contribution in [2.75, 3.05) is 25.0 Å². The molecule has 0 spiro atoms. The largest absolute Gasteiger partial charge is 0.312 e. The zero-order valence-corrected chi connectivity index (χ0v) is 18.1. The Balaban J connectivity index is 1.76. The maximum atomic E-state index is 13.8. The van der Waals surface area contributed by atoms with E-state index < -0.39 is 0 Å². The third-order valence-corrected chi connectivity index (χ3v) is 5.67. The van der Waals surface area contributed by atoms with Crippen LogP contribution in [0.4, 0.5) is 10.2 Å². The van der Waals surface area contributed by atoms with E-state index in [2.05, 4.69) is 35.5 Å². The summed E-state index contributed by atoms with van der Waals surface area (Å²) < 4.78 is 15.6. The number of amides is 1. The molecule has 0 saturated carbocycles. The molecule has 0 radical (unpaired) electrons. The second kappa shape index (κ2) is 9.41. The maximum absolute atomic E-state index is 13.8. The Bertz CT molecular complexity index is 951. The molecule has 7 heteroatoms. The van der Waals surface area contributed by atoms with Crippen LogP contribution in [0.3, 0.4) is 0 Å². The van der Waals surface area contributed by atoms with Crippen molar-refractivity contribution >= 4 is 11.7 Å². The second-order valence-corrected chi connectivity index (χ2v) is 8.28. The summed E-state index contributed by atoms with van der Waals surface area (Å²) in [5.41, 5.74) is 2.56. The first-order valence-electron chi connectivity index (χ1n) is 10.5. The predicted molar refractivity (Wildman–Crippen MR) is 116 cm³/mol. The van der Waals surface area contributed by atoms with Crippen LogP contribution in [0.1, 0.15) is 43.5 Å². The fourth-order valence-corrected chi connectivity index (χ4v) is 4.10. The van der Waals surface area contributed by atoms with Crippen molar-refractivity contribution in [2.24, 2.45) is 0 Å². The normalized spacial score (nSPS) is 15.4. The summed E-state index contributed by atoms with van der Waals surface area (Å²) in [7, 11) is 0. The van der Waals surface area contributed by atoms with E-state index in [1.54, 1.807) is 16.7 Å². The summed E-state index contributed by atoms with van der Waals surface area (Å²) in [6.45, 7) is 9.97. The number of benzene rings is 1. The predicted octanol–water partition coefficient (Wildman–Crippen LogP) is 3.51. The highest BCUT2D eigenvalue weighted by atomic mass is 19.1. The van der Waals surface area contributed by atoms with Gasteiger partial charge in [-0.3, -0.25) is 14.3 Å². The summed E-state index contributed by atoms with van der Waals surface area (Å²) in [6, 6.07) is 9.29. The Kier molecular flexibility index (Phi) is 6.91. The molecule has 0 aliphatic carbocycles. The van der Waals surface area contributed by atoms with E-state index in [0.29, 0.717) is 29.2 Å². The number of halogens is 1. The Hall–Kier alpha value is -2.69. The smallest absolute Gasteiger partial charge is 0.239 e. The van der Waals surface area contributed by atoms with Crippen LogP contribution in [0.2, 0.25) is 0 Å². The standard InChI is InChI=1S/C23H30FN5O/c1-15(2)26-19-8-10-28(11-9-19)14-22(30)27-23-21(13-25)16(3)17(4)29(23)20-7-5-6-18(24)12-20/h5-7,12,15,19,26H,8-11,14H2,1-4H3,(H,27,30). The number of carbonyl (C=O) groups excluding carboxylic acids is 1. The monoisotopic (exact) mass is 411 g/mol. The molecule has 1 aliphatic heterocycles. The highest BCUT2D eigenvalue weighted by Gasteiger charge is 2.24. The Morgan fingerprint density at radius 3 is 2.60 bits per heavy atom. The number of nitriles is 1. The van der Waals surface area contributed by atoms with Gasteiger partial charge in [-0.2, -0.15) is 5.26 Å². The van der Waals surface area contributed by atoms with E-state index in [4.69, 9.17) is 0 Å². The number of piperidine rings is 1. The van der Waals surface area contributed by atoms with Crippen molar-refractivity contribution in [1.29, 1.82) is 5.26 Å². The molecule has 6 nitrogen and oxygen atoms in total. The molecule has 1 fully saturated rings. The molecular weight excluding hydrogens is 381 g/mol. The molecule has 1 saturated heterocycles. The molecule has 0 bridgehead atoms. The van der Waals surface area contributed by atoms with Gasteiger partial charge in [-0.15, -0.1) is 0 Å². The lowest BCUT2D eigenvalue weighted by atomic mass is 10.0. The summed E-state index contributed by atoms with van der Waals surface area (Å²) >= 11 is 0. The molecule has 30 heavy (non-hydrogen) atoms. The van der Waals surface area contributed by atoms with Crippen LogP contribution in [-0.2, 0) is 4.79 Å². The quantitative estimate of drug-likeness (QED) is 0.763. The van der Waals surface area contributed by atoms with Gasteiger partial charge in [-0.25, -0.2) is 4.39 Å². The van der Waals surface area contributed by atoms with Gasteiger partial charge >= 0.3 is 0 Å². The second-order valence-electron chi connectivity index (χ2n) is 8.28. The Labute approximate surface area is 177 Å². The Morgan fingerprint density at radius 1 is 1.30 bits per heavy atom. The van der Waals surface area contributed by atoms with Crippen molar-refractivity contribution in [1.82, 2.24) is 14.8 Å². The van der Waals surface area contributed by atoms with Gasteiger partial charge in [-0.05, 0) is 50.5 Å². The molecule has 1 aliphatic rings. The molecular formula is C23H30FN5O. The van der Waals surface area contributed by atoms with Crippen LogP contribution in [-0.4, -0.2) is 47.1 Å². The third-order valence-electron chi connectivity index (χ3n) is 5.67. The van der Waals surface area contributed by atoms with Crippen LogP contribution in [0, 0.1) is 31.0 Å². The number of rotatable bonds is 6. The van der Waals surface area contributed by atoms with Gasteiger partial charge in [0, 0.05) is 30.9 Å². The minimum absolute atomic E-state index is 0.170. The lowest BCUT2D eigenvalue weighted by molar-refractivity contribution is -0.117. The summed E-state index contributed by atoms with van der Waals surface area (Å²) in [5.74, 6) is -0.136. The van der Waals surface area contributed by atoms with E-state index in [-0.39, 0.29) is 18.3 Å². The van der Waals surface area contributed by atoms with Crippen molar-refractivity contribution in [3.63, 3.8) is 0 Å². The number of likely N-dealkylation sites (tertiary alicyclic amines) is 1. The number of carbonyl (C=O) groups is 1. The molecule has 2 heterocycles. The van der Waals surface area contributed by atoms with Crippen molar-refractivity contribution in [2.45, 2.75) is 52.6 Å². The molecule has 1 amide bonds. The SMILES string of the molecule is Cc1c(C#N)c(NC(=O)CN2CCC(NC(C)C)CC2)n(-c2cccc(F)c2)c1C. The van der Waals surface area contributed by atoms with Crippen LogP contribution >= 0.6 is 0 Å². The minimum atomic E-state index is -0.369. The lowest BCUT2D eigenvalue weighted by Crippen LogP contribution is -2.46. The fourth-order valence-electron chi connectivity index (χ4n) is 4.10. The molecule has 0 unspecified atom stereocenters. The molecule has 1 aromatic heterocycles. The van der Waals surface area contributed by atoms with E-state index in [9.17, 15) is 14.4 Å². The van der Waals surface area contributed by atoms with Gasteiger partial charge in [0.15, 0.2) is 0 Å². The Morgan fingerprint density at radius 2 is 2.00 bits per heavy atom. The fraction of sp³-hybridized carbons (Fsp3) is 0.478. The van der Waals surface area contributed by atoms with Crippen molar-refractivity contribution < 1.29 is 9.18 Å². The summed E-state index contributed by atoms with van der Waals surface area (Å²) in [6.07, 6.45) is 2.01. The first kappa shape index (κ1) is 22.0. The summed E-state index contributed by atoms with van der Waals surface area (Å²) in [5, 5.41) is 16.1. The van der Waals surface area contributed by atoms with Crippen molar-refractivity contribution in [3.05, 3.63) is 46.9 Å². The van der Waals surface area contributed by atoms with E-state index >= 15 is 0 Å². The highest BCUT2D eigenvalue weighted by molar-refractivity contribution is 5.93. The zero-order chi connectivity index (χ0) is 21.8. The van der Waals surface area contributed by atoms with E-state index in [1.807, 2.05) is 13.8 Å². The molecule has 2 N–H and O–H groups in total. The highest BCUT2D eigenvalue weighted by Crippen LogP contribution is 2.30. The van der Waals surface area contributed by atoms with Crippen LogP contribution in [0.5, 0.6) is 0 Å². The lowest BCUT2D eigenvalue weighted by Gasteiger charge is -2.33. The molecule has 160 valence electrons. The molecule has 0 atom stereocenters. The van der Waals surface area contributed by atoms with Crippen LogP contribution in [0.15, 0.2) is 24.3 Å². The van der Waals surface area contributed by atoms with E-state index in [1.165, 1.54) is 12.1 Å². The maximum Gasteiger partial charge on any atom is 0.239 e. The van der Waals surface area contributed by atoms with Crippen LogP contribution in [0.25, 0.3) is 5.69 Å². The number of anilines is 1. The van der Waals surface area contributed by atoms with Gasteiger partial charge in [-0.1, -0.05) is 19.9 Å². The average molecular weight is 412 g/mol. The van der Waals surface area contributed by atoms with Gasteiger partial charge in [0.05, 0.1) is 17.8 Å².